The lowest BCUT2D eigenvalue weighted by Crippen LogP contribution is -2.41. The third kappa shape index (κ3) is 3.92. The van der Waals surface area contributed by atoms with Crippen LogP contribution in [0.1, 0.15) is 6.42 Å². The lowest BCUT2D eigenvalue weighted by molar-refractivity contribution is 0.0922. The lowest BCUT2D eigenvalue weighted by Gasteiger charge is -2.27. The van der Waals surface area contributed by atoms with Gasteiger partial charge < -0.3 is 14.8 Å². The minimum Gasteiger partial charge on any atom is -0.383 e. The standard InChI is InChI=1S/C10H22N2O2/c1-13-7-5-12(6-8-14-2)10-3-4-11-9-10/h10-11H,3-9H2,1-2H3. The zero-order valence-corrected chi connectivity index (χ0v) is 9.29. The van der Waals surface area contributed by atoms with Gasteiger partial charge in [-0.15, -0.1) is 0 Å². The van der Waals surface area contributed by atoms with E-state index in [-0.39, 0.29) is 0 Å². The Morgan fingerprint density at radius 3 is 2.29 bits per heavy atom. The van der Waals surface area contributed by atoms with Crippen LogP contribution >= 0.6 is 0 Å². The van der Waals surface area contributed by atoms with Crippen molar-refractivity contribution >= 4 is 0 Å². The molecule has 1 aliphatic heterocycles. The molecule has 0 aromatic heterocycles. The molecular formula is C10H22N2O2. The van der Waals surface area contributed by atoms with Gasteiger partial charge in [-0.05, 0) is 13.0 Å². The Bertz CT molecular complexity index is 130. The Morgan fingerprint density at radius 1 is 1.21 bits per heavy atom. The quantitative estimate of drug-likeness (QED) is 0.627. The molecule has 4 nitrogen and oxygen atoms in total. The summed E-state index contributed by atoms with van der Waals surface area (Å²) in [5.41, 5.74) is 0. The molecule has 84 valence electrons. The molecule has 1 aliphatic rings. The van der Waals surface area contributed by atoms with Gasteiger partial charge in [-0.2, -0.15) is 0 Å². The maximum absolute atomic E-state index is 5.11. The number of methoxy groups -OCH3 is 2. The predicted molar refractivity (Wildman–Crippen MR) is 56.6 cm³/mol. The second-order valence-corrected chi connectivity index (χ2v) is 3.67. The summed E-state index contributed by atoms with van der Waals surface area (Å²) in [5.74, 6) is 0. The van der Waals surface area contributed by atoms with E-state index < -0.39 is 0 Å². The summed E-state index contributed by atoms with van der Waals surface area (Å²) in [6.07, 6.45) is 1.24. The van der Waals surface area contributed by atoms with E-state index in [1.165, 1.54) is 6.42 Å². The van der Waals surface area contributed by atoms with Crippen LogP contribution in [-0.2, 0) is 9.47 Å². The van der Waals surface area contributed by atoms with Gasteiger partial charge in [0.1, 0.15) is 0 Å². The zero-order valence-electron chi connectivity index (χ0n) is 9.29. The van der Waals surface area contributed by atoms with Crippen LogP contribution in [0.3, 0.4) is 0 Å². The SMILES string of the molecule is COCCN(CCOC)C1CCNC1. The van der Waals surface area contributed by atoms with E-state index in [0.717, 1.165) is 39.4 Å². The van der Waals surface area contributed by atoms with Crippen molar-refractivity contribution in [3.8, 4) is 0 Å². The van der Waals surface area contributed by atoms with Gasteiger partial charge in [-0.25, -0.2) is 0 Å². The number of nitrogens with one attached hydrogen (secondary N) is 1. The maximum Gasteiger partial charge on any atom is 0.0589 e. The van der Waals surface area contributed by atoms with Crippen LogP contribution in [0, 0.1) is 0 Å². The van der Waals surface area contributed by atoms with E-state index in [1.807, 2.05) is 0 Å². The van der Waals surface area contributed by atoms with Crippen molar-refractivity contribution in [2.75, 3.05) is 53.6 Å². The maximum atomic E-state index is 5.11. The molecule has 1 unspecified atom stereocenters. The smallest absolute Gasteiger partial charge is 0.0589 e. The molecule has 1 rings (SSSR count). The van der Waals surface area contributed by atoms with E-state index in [9.17, 15) is 0 Å². The summed E-state index contributed by atoms with van der Waals surface area (Å²) < 4.78 is 10.2. The van der Waals surface area contributed by atoms with E-state index in [4.69, 9.17) is 9.47 Å². The van der Waals surface area contributed by atoms with E-state index >= 15 is 0 Å². The summed E-state index contributed by atoms with van der Waals surface area (Å²) in [7, 11) is 3.50. The Kier molecular flexibility index (Phi) is 6.10. The van der Waals surface area contributed by atoms with Gasteiger partial charge in [0.15, 0.2) is 0 Å². The molecule has 1 atom stereocenters. The number of rotatable bonds is 7. The fourth-order valence-electron chi connectivity index (χ4n) is 1.85. The van der Waals surface area contributed by atoms with Crippen LogP contribution in [0.2, 0.25) is 0 Å². The first-order valence-electron chi connectivity index (χ1n) is 5.31. The predicted octanol–water partition coefficient (Wildman–Crippen LogP) is -0.0569. The highest BCUT2D eigenvalue weighted by Crippen LogP contribution is 2.07. The van der Waals surface area contributed by atoms with Crippen molar-refractivity contribution in [2.45, 2.75) is 12.5 Å². The van der Waals surface area contributed by atoms with E-state index in [1.54, 1.807) is 14.2 Å². The summed E-state index contributed by atoms with van der Waals surface area (Å²) in [5, 5.41) is 3.38. The number of hydrogen-bond donors (Lipinski definition) is 1. The third-order valence-electron chi connectivity index (χ3n) is 2.72. The average Bonchev–Trinajstić information content (AvgIpc) is 2.71. The molecule has 1 heterocycles. The van der Waals surface area contributed by atoms with Crippen molar-refractivity contribution in [1.29, 1.82) is 0 Å². The number of hydrogen-bond acceptors (Lipinski definition) is 4. The molecule has 4 heteroatoms. The molecule has 1 fully saturated rings. The largest absolute Gasteiger partial charge is 0.383 e. The summed E-state index contributed by atoms with van der Waals surface area (Å²) in [6.45, 7) is 5.87. The van der Waals surface area contributed by atoms with Crippen LogP contribution < -0.4 is 5.32 Å². The fraction of sp³-hybridized carbons (Fsp3) is 1.00. The highest BCUT2D eigenvalue weighted by Gasteiger charge is 2.21. The second-order valence-electron chi connectivity index (χ2n) is 3.67. The summed E-state index contributed by atoms with van der Waals surface area (Å²) in [4.78, 5) is 2.45. The first kappa shape index (κ1) is 11.9. The number of nitrogens with zero attached hydrogens (tertiary/aromatic N) is 1. The van der Waals surface area contributed by atoms with Crippen LogP contribution in [0.4, 0.5) is 0 Å². The summed E-state index contributed by atoms with van der Waals surface area (Å²) >= 11 is 0. The van der Waals surface area contributed by atoms with Gasteiger partial charge in [0, 0.05) is 39.9 Å². The fourth-order valence-corrected chi connectivity index (χ4v) is 1.85. The minimum atomic E-state index is 0.667. The van der Waals surface area contributed by atoms with Crippen molar-refractivity contribution in [3.05, 3.63) is 0 Å². The zero-order chi connectivity index (χ0) is 10.2. The monoisotopic (exact) mass is 202 g/mol. The van der Waals surface area contributed by atoms with Gasteiger partial charge in [0.05, 0.1) is 13.2 Å². The molecule has 14 heavy (non-hydrogen) atoms. The third-order valence-corrected chi connectivity index (χ3v) is 2.72. The van der Waals surface area contributed by atoms with Crippen LogP contribution in [0.25, 0.3) is 0 Å². The molecule has 1 N–H and O–H groups in total. The Labute approximate surface area is 86.6 Å². The lowest BCUT2D eigenvalue weighted by atomic mass is 10.2. The van der Waals surface area contributed by atoms with Crippen molar-refractivity contribution < 1.29 is 9.47 Å². The molecule has 0 saturated carbocycles. The molecule has 0 aliphatic carbocycles. The van der Waals surface area contributed by atoms with Gasteiger partial charge in [-0.1, -0.05) is 0 Å². The normalized spacial score (nSPS) is 22.1. The first-order chi connectivity index (χ1) is 6.88. The minimum absolute atomic E-state index is 0.667. The van der Waals surface area contributed by atoms with Crippen LogP contribution in [-0.4, -0.2) is 64.6 Å². The van der Waals surface area contributed by atoms with Crippen molar-refractivity contribution in [3.63, 3.8) is 0 Å². The summed E-state index contributed by atoms with van der Waals surface area (Å²) in [6, 6.07) is 0.667. The first-order valence-corrected chi connectivity index (χ1v) is 5.31. The highest BCUT2D eigenvalue weighted by atomic mass is 16.5. The van der Waals surface area contributed by atoms with E-state index in [2.05, 4.69) is 10.2 Å². The van der Waals surface area contributed by atoms with E-state index in [0.29, 0.717) is 6.04 Å². The van der Waals surface area contributed by atoms with Gasteiger partial charge in [0.25, 0.3) is 0 Å². The average molecular weight is 202 g/mol. The van der Waals surface area contributed by atoms with Crippen molar-refractivity contribution in [2.24, 2.45) is 0 Å². The topological polar surface area (TPSA) is 33.7 Å². The van der Waals surface area contributed by atoms with Crippen LogP contribution in [0.5, 0.6) is 0 Å². The van der Waals surface area contributed by atoms with Gasteiger partial charge in [0.2, 0.25) is 0 Å². The van der Waals surface area contributed by atoms with Crippen molar-refractivity contribution in [1.82, 2.24) is 10.2 Å². The molecule has 0 aromatic rings. The molecule has 0 amide bonds. The number of ether oxygens (including phenoxy) is 2. The molecule has 0 bridgehead atoms. The molecule has 0 radical (unpaired) electrons. The molecule has 1 saturated heterocycles. The Hall–Kier alpha value is -0.160. The highest BCUT2D eigenvalue weighted by molar-refractivity contribution is 4.80. The molecule has 0 aromatic carbocycles. The van der Waals surface area contributed by atoms with Crippen LogP contribution in [0.15, 0.2) is 0 Å². The Balaban J connectivity index is 2.26. The second kappa shape index (κ2) is 7.17. The van der Waals surface area contributed by atoms with Gasteiger partial charge >= 0.3 is 0 Å². The Morgan fingerprint density at radius 2 is 1.86 bits per heavy atom. The molecular weight excluding hydrogens is 180 g/mol. The van der Waals surface area contributed by atoms with Gasteiger partial charge in [-0.3, -0.25) is 4.90 Å². The molecule has 0 spiro atoms.